The molecule has 0 radical (unpaired) electrons. The van der Waals surface area contributed by atoms with Crippen LogP contribution >= 0.6 is 11.6 Å². The number of rotatable bonds is 3. The Morgan fingerprint density at radius 1 is 0.947 bits per heavy atom. The molecule has 0 aromatic heterocycles. The molecule has 0 fully saturated rings. The first-order valence-corrected chi connectivity index (χ1v) is 7.60. The van der Waals surface area contributed by atoms with E-state index in [0.717, 1.165) is 11.1 Å². The van der Waals surface area contributed by atoms with E-state index in [1.54, 1.807) is 24.3 Å². The van der Waals surface area contributed by atoms with Crippen LogP contribution in [0.2, 0.25) is 5.02 Å². The van der Waals surface area contributed by atoms with Gasteiger partial charge in [0.05, 0.1) is 5.02 Å². The second-order valence-corrected chi connectivity index (χ2v) is 6.46. The van der Waals surface area contributed by atoms with Gasteiger partial charge in [0.2, 0.25) is 0 Å². The summed E-state index contributed by atoms with van der Waals surface area (Å²) in [5.74, 6) is 0. The van der Waals surface area contributed by atoms with E-state index in [2.05, 4.69) is 4.72 Å². The number of anilines is 1. The molecule has 1 N–H and O–H groups in total. The van der Waals surface area contributed by atoms with Gasteiger partial charge >= 0.3 is 0 Å². The third kappa shape index (κ3) is 3.28. The normalized spacial score (nSPS) is 11.3. The van der Waals surface area contributed by atoms with Crippen LogP contribution in [-0.2, 0) is 10.0 Å². The monoisotopic (exact) mass is 295 g/mol. The van der Waals surface area contributed by atoms with E-state index in [1.807, 2.05) is 26.0 Å². The highest BCUT2D eigenvalue weighted by atomic mass is 35.5. The van der Waals surface area contributed by atoms with E-state index in [9.17, 15) is 8.42 Å². The summed E-state index contributed by atoms with van der Waals surface area (Å²) in [5, 5.41) is 0.222. The Morgan fingerprint density at radius 2 is 1.53 bits per heavy atom. The summed E-state index contributed by atoms with van der Waals surface area (Å²) in [5.41, 5.74) is 2.50. The van der Waals surface area contributed by atoms with E-state index >= 15 is 0 Å². The van der Waals surface area contributed by atoms with Crippen molar-refractivity contribution >= 4 is 27.3 Å². The summed E-state index contributed by atoms with van der Waals surface area (Å²) in [7, 11) is -3.66. The van der Waals surface area contributed by atoms with Gasteiger partial charge in [0.25, 0.3) is 10.0 Å². The summed E-state index contributed by atoms with van der Waals surface area (Å²) < 4.78 is 27.0. The molecule has 0 spiro atoms. The van der Waals surface area contributed by atoms with Gasteiger partial charge in [-0.2, -0.15) is 0 Å². The van der Waals surface area contributed by atoms with E-state index in [0.29, 0.717) is 5.69 Å². The van der Waals surface area contributed by atoms with Gasteiger partial charge in [-0.05, 0) is 43.7 Å². The maximum Gasteiger partial charge on any atom is 0.263 e. The lowest BCUT2D eigenvalue weighted by Crippen LogP contribution is -2.13. The van der Waals surface area contributed by atoms with Crippen molar-refractivity contribution in [3.63, 3.8) is 0 Å². The Hall–Kier alpha value is -1.52. The van der Waals surface area contributed by atoms with Crippen LogP contribution in [0.15, 0.2) is 47.4 Å². The minimum atomic E-state index is -3.66. The highest BCUT2D eigenvalue weighted by Gasteiger charge is 2.17. The minimum absolute atomic E-state index is 0.0836. The third-order valence-electron chi connectivity index (χ3n) is 2.68. The van der Waals surface area contributed by atoms with Crippen molar-refractivity contribution in [2.24, 2.45) is 0 Å². The molecule has 0 saturated carbocycles. The van der Waals surface area contributed by atoms with Crippen LogP contribution in [0, 0.1) is 13.8 Å². The molecule has 0 bridgehead atoms. The average Bonchev–Trinajstić information content (AvgIpc) is 2.31. The van der Waals surface area contributed by atoms with Gasteiger partial charge in [0.15, 0.2) is 0 Å². The predicted molar refractivity (Wildman–Crippen MR) is 78.2 cm³/mol. The highest BCUT2D eigenvalue weighted by molar-refractivity contribution is 7.92. The Balaban J connectivity index is 2.35. The van der Waals surface area contributed by atoms with Crippen LogP contribution < -0.4 is 4.72 Å². The maximum atomic E-state index is 12.2. The second-order valence-electron chi connectivity index (χ2n) is 4.41. The first-order valence-electron chi connectivity index (χ1n) is 5.74. The maximum absolute atomic E-state index is 12.2. The Morgan fingerprint density at radius 3 is 2.11 bits per heavy atom. The Bertz CT molecular complexity index is 694. The van der Waals surface area contributed by atoms with Gasteiger partial charge < -0.3 is 0 Å². The topological polar surface area (TPSA) is 46.2 Å². The molecular weight excluding hydrogens is 282 g/mol. The van der Waals surface area contributed by atoms with Gasteiger partial charge in [0, 0.05) is 5.69 Å². The standard InChI is InChI=1S/C14H14ClNO2S/c1-10-3-6-12(7-4-10)16-19(17,18)14-8-5-11(2)9-13(14)15/h3-9,16H,1-2H3. The van der Waals surface area contributed by atoms with Gasteiger partial charge in [0.1, 0.15) is 4.90 Å². The molecule has 0 atom stereocenters. The quantitative estimate of drug-likeness (QED) is 0.937. The summed E-state index contributed by atoms with van der Waals surface area (Å²) >= 11 is 5.99. The molecule has 2 aromatic carbocycles. The fraction of sp³-hybridized carbons (Fsp3) is 0.143. The van der Waals surface area contributed by atoms with Crippen molar-refractivity contribution in [3.05, 3.63) is 58.6 Å². The fourth-order valence-corrected chi connectivity index (χ4v) is 3.31. The number of halogens is 1. The van der Waals surface area contributed by atoms with Crippen LogP contribution in [0.1, 0.15) is 11.1 Å². The van der Waals surface area contributed by atoms with E-state index < -0.39 is 10.0 Å². The van der Waals surface area contributed by atoms with Crippen molar-refractivity contribution in [1.82, 2.24) is 0 Å². The van der Waals surface area contributed by atoms with Crippen molar-refractivity contribution in [3.8, 4) is 0 Å². The van der Waals surface area contributed by atoms with Crippen molar-refractivity contribution in [2.75, 3.05) is 4.72 Å². The number of sulfonamides is 1. The molecule has 0 aliphatic heterocycles. The molecule has 19 heavy (non-hydrogen) atoms. The SMILES string of the molecule is Cc1ccc(NS(=O)(=O)c2ccc(C)cc2Cl)cc1. The van der Waals surface area contributed by atoms with Gasteiger partial charge in [-0.3, -0.25) is 4.72 Å². The van der Waals surface area contributed by atoms with Gasteiger partial charge in [-0.1, -0.05) is 35.4 Å². The van der Waals surface area contributed by atoms with E-state index in [1.165, 1.54) is 6.07 Å². The zero-order valence-corrected chi connectivity index (χ0v) is 12.2. The van der Waals surface area contributed by atoms with Crippen LogP contribution in [0.5, 0.6) is 0 Å². The van der Waals surface area contributed by atoms with Crippen LogP contribution in [0.3, 0.4) is 0 Å². The smallest absolute Gasteiger partial charge is 0.263 e. The molecule has 3 nitrogen and oxygen atoms in total. The summed E-state index contributed by atoms with van der Waals surface area (Å²) in [6.07, 6.45) is 0. The summed E-state index contributed by atoms with van der Waals surface area (Å²) in [6.45, 7) is 3.80. The fourth-order valence-electron chi connectivity index (χ4n) is 1.66. The summed E-state index contributed by atoms with van der Waals surface area (Å²) in [6, 6.07) is 12.0. The summed E-state index contributed by atoms with van der Waals surface area (Å²) in [4.78, 5) is 0.0836. The number of hydrogen-bond donors (Lipinski definition) is 1. The molecule has 5 heteroatoms. The molecule has 0 aliphatic rings. The molecule has 0 aliphatic carbocycles. The lowest BCUT2D eigenvalue weighted by atomic mass is 10.2. The van der Waals surface area contributed by atoms with Crippen molar-refractivity contribution < 1.29 is 8.42 Å². The molecule has 2 aromatic rings. The lowest BCUT2D eigenvalue weighted by molar-refractivity contribution is 0.601. The zero-order valence-electron chi connectivity index (χ0n) is 10.6. The van der Waals surface area contributed by atoms with Crippen LogP contribution in [0.4, 0.5) is 5.69 Å². The van der Waals surface area contributed by atoms with Crippen molar-refractivity contribution in [2.45, 2.75) is 18.7 Å². The van der Waals surface area contributed by atoms with Crippen LogP contribution in [0.25, 0.3) is 0 Å². The predicted octanol–water partition coefficient (Wildman–Crippen LogP) is 3.76. The molecule has 0 saturated heterocycles. The largest absolute Gasteiger partial charge is 0.280 e. The highest BCUT2D eigenvalue weighted by Crippen LogP contribution is 2.24. The first kappa shape index (κ1) is 13.9. The number of nitrogens with one attached hydrogen (secondary N) is 1. The second kappa shape index (κ2) is 5.23. The molecule has 0 amide bonds. The Kier molecular flexibility index (Phi) is 3.83. The third-order valence-corrected chi connectivity index (χ3v) is 4.54. The number of hydrogen-bond acceptors (Lipinski definition) is 2. The van der Waals surface area contributed by atoms with E-state index in [4.69, 9.17) is 11.6 Å². The first-order chi connectivity index (χ1) is 8.88. The van der Waals surface area contributed by atoms with Gasteiger partial charge in [-0.25, -0.2) is 8.42 Å². The van der Waals surface area contributed by atoms with Crippen molar-refractivity contribution in [1.29, 1.82) is 0 Å². The van der Waals surface area contributed by atoms with E-state index in [-0.39, 0.29) is 9.92 Å². The average molecular weight is 296 g/mol. The molecule has 2 rings (SSSR count). The number of aryl methyl sites for hydroxylation is 2. The minimum Gasteiger partial charge on any atom is -0.280 e. The molecular formula is C14H14ClNO2S. The lowest BCUT2D eigenvalue weighted by Gasteiger charge is -2.10. The molecule has 0 unspecified atom stereocenters. The molecule has 100 valence electrons. The van der Waals surface area contributed by atoms with Crippen LogP contribution in [-0.4, -0.2) is 8.42 Å². The molecule has 0 heterocycles. The van der Waals surface area contributed by atoms with Gasteiger partial charge in [-0.15, -0.1) is 0 Å². The number of benzene rings is 2. The zero-order chi connectivity index (χ0) is 14.0. The Labute approximate surface area is 118 Å².